The summed E-state index contributed by atoms with van der Waals surface area (Å²) in [5, 5.41) is 24.6. The van der Waals surface area contributed by atoms with E-state index in [1.807, 2.05) is 61.5 Å². The van der Waals surface area contributed by atoms with Crippen molar-refractivity contribution in [2.24, 2.45) is 0 Å². The standard InChI is InChI=1S/C29H24ClN7O2S/c1-19-33-34-29(40-19)22-9-7-21(8-10-22)16-27(38)25(15-20-5-3-2-4-6-20)32-28(39)14-11-23-17-24(30)12-13-26(23)37-18-31-35-36-37/h2-14,17-18,25H,15-16H2,1H3,(H,32,39)/b14-11+/t25-/m0/s1. The van der Waals surface area contributed by atoms with E-state index >= 15 is 0 Å². The van der Waals surface area contributed by atoms with Crippen molar-refractivity contribution >= 4 is 40.7 Å². The maximum Gasteiger partial charge on any atom is 0.244 e. The summed E-state index contributed by atoms with van der Waals surface area (Å²) < 4.78 is 1.48. The number of carbonyl (C=O) groups is 2. The molecule has 0 aliphatic rings. The first-order valence-electron chi connectivity index (χ1n) is 12.4. The highest BCUT2D eigenvalue weighted by atomic mass is 35.5. The fraction of sp³-hybridized carbons (Fsp3) is 0.138. The quantitative estimate of drug-likeness (QED) is 0.242. The number of benzene rings is 3. The van der Waals surface area contributed by atoms with Gasteiger partial charge in [0, 0.05) is 28.6 Å². The van der Waals surface area contributed by atoms with E-state index in [9.17, 15) is 9.59 Å². The van der Waals surface area contributed by atoms with Gasteiger partial charge in [0.25, 0.3) is 0 Å². The zero-order valence-corrected chi connectivity index (χ0v) is 23.0. The summed E-state index contributed by atoms with van der Waals surface area (Å²) in [6.45, 7) is 1.91. The first-order chi connectivity index (χ1) is 19.4. The minimum Gasteiger partial charge on any atom is -0.342 e. The largest absolute Gasteiger partial charge is 0.342 e. The molecular formula is C29H24ClN7O2S. The van der Waals surface area contributed by atoms with E-state index in [1.165, 1.54) is 28.4 Å². The Bertz CT molecular complexity index is 1630. The van der Waals surface area contributed by atoms with Gasteiger partial charge in [-0.3, -0.25) is 9.59 Å². The van der Waals surface area contributed by atoms with Crippen molar-refractivity contribution < 1.29 is 9.59 Å². The molecule has 0 fully saturated rings. The Morgan fingerprint density at radius 3 is 2.52 bits per heavy atom. The number of nitrogens with zero attached hydrogens (tertiary/aromatic N) is 6. The summed E-state index contributed by atoms with van der Waals surface area (Å²) in [6.07, 6.45) is 5.00. The lowest BCUT2D eigenvalue weighted by molar-refractivity contribution is -0.125. The van der Waals surface area contributed by atoms with Crippen molar-refractivity contribution in [2.45, 2.75) is 25.8 Å². The average Bonchev–Trinajstić information content (AvgIpc) is 3.65. The van der Waals surface area contributed by atoms with E-state index in [0.29, 0.717) is 22.7 Å². The van der Waals surface area contributed by atoms with E-state index < -0.39 is 11.9 Å². The number of hydrogen-bond donors (Lipinski definition) is 1. The normalized spacial score (nSPS) is 11.9. The molecular weight excluding hydrogens is 546 g/mol. The summed E-state index contributed by atoms with van der Waals surface area (Å²) in [5.41, 5.74) is 4.04. The Morgan fingerprint density at radius 1 is 1.02 bits per heavy atom. The molecule has 5 aromatic rings. The van der Waals surface area contributed by atoms with E-state index in [1.54, 1.807) is 24.3 Å². The van der Waals surface area contributed by atoms with E-state index in [2.05, 4.69) is 31.0 Å². The van der Waals surface area contributed by atoms with Crippen molar-refractivity contribution in [1.82, 2.24) is 35.7 Å². The Morgan fingerprint density at radius 2 is 1.82 bits per heavy atom. The zero-order chi connectivity index (χ0) is 27.9. The third-order valence-electron chi connectivity index (χ3n) is 6.09. The average molecular weight is 570 g/mol. The first-order valence-corrected chi connectivity index (χ1v) is 13.6. The number of ketones is 1. The van der Waals surface area contributed by atoms with E-state index in [-0.39, 0.29) is 12.2 Å². The summed E-state index contributed by atoms with van der Waals surface area (Å²) in [6, 6.07) is 21.8. The van der Waals surface area contributed by atoms with Crippen molar-refractivity contribution in [2.75, 3.05) is 0 Å². The minimum atomic E-state index is -0.719. The highest BCUT2D eigenvalue weighted by Crippen LogP contribution is 2.24. The second kappa shape index (κ2) is 12.5. The molecule has 0 aliphatic heterocycles. The highest BCUT2D eigenvalue weighted by molar-refractivity contribution is 7.14. The van der Waals surface area contributed by atoms with Crippen LogP contribution in [0.3, 0.4) is 0 Å². The van der Waals surface area contributed by atoms with Crippen LogP contribution in [0.2, 0.25) is 5.02 Å². The van der Waals surface area contributed by atoms with Gasteiger partial charge < -0.3 is 5.32 Å². The molecule has 2 aromatic heterocycles. The lowest BCUT2D eigenvalue weighted by Gasteiger charge is -2.17. The number of halogens is 1. The maximum absolute atomic E-state index is 13.4. The second-order valence-corrected chi connectivity index (χ2v) is 10.6. The third-order valence-corrected chi connectivity index (χ3v) is 7.22. The second-order valence-electron chi connectivity index (χ2n) is 9.01. The Balaban J connectivity index is 1.31. The smallest absolute Gasteiger partial charge is 0.244 e. The number of hydrogen-bond acceptors (Lipinski definition) is 8. The van der Waals surface area contributed by atoms with Gasteiger partial charge in [0.1, 0.15) is 16.3 Å². The Labute approximate surface area is 239 Å². The predicted octanol–water partition coefficient (Wildman–Crippen LogP) is 4.70. The van der Waals surface area contributed by atoms with Gasteiger partial charge in [-0.2, -0.15) is 4.68 Å². The van der Waals surface area contributed by atoms with E-state index in [0.717, 1.165) is 26.7 Å². The van der Waals surface area contributed by atoms with Gasteiger partial charge in [-0.1, -0.05) is 77.5 Å². The molecule has 2 heterocycles. The summed E-state index contributed by atoms with van der Waals surface area (Å²) >= 11 is 7.70. The molecule has 0 saturated heterocycles. The molecule has 1 N–H and O–H groups in total. The minimum absolute atomic E-state index is 0.0951. The fourth-order valence-electron chi connectivity index (χ4n) is 4.12. The van der Waals surface area contributed by atoms with Crippen LogP contribution in [0.1, 0.15) is 21.7 Å². The third kappa shape index (κ3) is 6.90. The molecule has 0 radical (unpaired) electrons. The molecule has 200 valence electrons. The van der Waals surface area contributed by atoms with Crippen LogP contribution in [-0.4, -0.2) is 48.1 Å². The monoisotopic (exact) mass is 569 g/mol. The first kappa shape index (κ1) is 27.0. The van der Waals surface area contributed by atoms with Crippen LogP contribution in [0.5, 0.6) is 0 Å². The molecule has 3 aromatic carbocycles. The molecule has 9 nitrogen and oxygen atoms in total. The van der Waals surface area contributed by atoms with Crippen LogP contribution in [0.25, 0.3) is 22.3 Å². The van der Waals surface area contributed by atoms with Crippen molar-refractivity contribution in [3.05, 3.63) is 112 Å². The number of tetrazole rings is 1. The molecule has 1 amide bonds. The van der Waals surface area contributed by atoms with Crippen LogP contribution < -0.4 is 5.32 Å². The number of carbonyl (C=O) groups excluding carboxylic acids is 2. The van der Waals surface area contributed by atoms with Gasteiger partial charge >= 0.3 is 0 Å². The molecule has 0 aliphatic carbocycles. The zero-order valence-electron chi connectivity index (χ0n) is 21.4. The molecule has 1 atom stereocenters. The summed E-state index contributed by atoms with van der Waals surface area (Å²) in [4.78, 5) is 26.5. The lowest BCUT2D eigenvalue weighted by Crippen LogP contribution is -2.42. The van der Waals surface area contributed by atoms with Gasteiger partial charge in [0.2, 0.25) is 5.91 Å². The van der Waals surface area contributed by atoms with Crippen LogP contribution in [-0.2, 0) is 22.4 Å². The Kier molecular flexibility index (Phi) is 8.48. The number of aryl methyl sites for hydroxylation is 1. The van der Waals surface area contributed by atoms with Crippen molar-refractivity contribution in [1.29, 1.82) is 0 Å². The number of aromatic nitrogens is 6. The van der Waals surface area contributed by atoms with Gasteiger partial charge in [0.15, 0.2) is 5.78 Å². The topological polar surface area (TPSA) is 116 Å². The molecule has 40 heavy (non-hydrogen) atoms. The fourth-order valence-corrected chi connectivity index (χ4v) is 5.00. The molecule has 0 unspecified atom stereocenters. The number of nitrogens with one attached hydrogen (secondary N) is 1. The lowest BCUT2D eigenvalue weighted by atomic mass is 9.97. The number of amides is 1. The highest BCUT2D eigenvalue weighted by Gasteiger charge is 2.21. The predicted molar refractivity (Wildman–Crippen MR) is 154 cm³/mol. The Hall–Kier alpha value is -4.54. The number of Topliss-reactive ketones (excluding diaryl/α,β-unsaturated/α-hetero) is 1. The van der Waals surface area contributed by atoms with Gasteiger partial charge in [-0.25, -0.2) is 0 Å². The summed E-state index contributed by atoms with van der Waals surface area (Å²) in [5.74, 6) is -0.499. The molecule has 5 rings (SSSR count). The van der Waals surface area contributed by atoms with Crippen LogP contribution >= 0.6 is 22.9 Å². The van der Waals surface area contributed by atoms with Crippen LogP contribution in [0.15, 0.2) is 85.2 Å². The van der Waals surface area contributed by atoms with Crippen molar-refractivity contribution in [3.8, 4) is 16.3 Å². The van der Waals surface area contributed by atoms with E-state index in [4.69, 9.17) is 11.6 Å². The molecule has 11 heteroatoms. The maximum atomic E-state index is 13.4. The van der Waals surface area contributed by atoms with Gasteiger partial charge in [-0.05, 0) is 59.2 Å². The van der Waals surface area contributed by atoms with Crippen LogP contribution in [0.4, 0.5) is 0 Å². The van der Waals surface area contributed by atoms with Gasteiger partial charge in [-0.15, -0.1) is 15.3 Å². The SMILES string of the molecule is Cc1nnc(-c2ccc(CC(=O)[C@H](Cc3ccccc3)NC(=O)/C=C/c3cc(Cl)ccc3-n3cnnn3)cc2)s1. The van der Waals surface area contributed by atoms with Crippen molar-refractivity contribution in [3.63, 3.8) is 0 Å². The molecule has 0 spiro atoms. The molecule has 0 saturated carbocycles. The summed E-state index contributed by atoms with van der Waals surface area (Å²) in [7, 11) is 0. The van der Waals surface area contributed by atoms with Gasteiger partial charge in [0.05, 0.1) is 11.7 Å². The molecule has 0 bridgehead atoms. The number of rotatable bonds is 10. The van der Waals surface area contributed by atoms with Crippen LogP contribution in [0, 0.1) is 6.92 Å².